The second-order valence-electron chi connectivity index (χ2n) is 6.23. The van der Waals surface area contributed by atoms with Gasteiger partial charge in [0.15, 0.2) is 0 Å². The molecule has 0 aliphatic carbocycles. The van der Waals surface area contributed by atoms with E-state index < -0.39 is 11.7 Å². The molecule has 2 N–H and O–H groups in total. The number of fused-ring (bicyclic) bond motifs is 1. The molecule has 9 heteroatoms. The van der Waals surface area contributed by atoms with Crippen LogP contribution in [0.5, 0.6) is 0 Å². The second-order valence-corrected chi connectivity index (χ2v) is 7.48. The van der Waals surface area contributed by atoms with E-state index in [1.165, 1.54) is 6.07 Å². The van der Waals surface area contributed by atoms with Gasteiger partial charge in [-0.1, -0.05) is 0 Å². The number of nitrogens with one attached hydrogen (secondary N) is 2. The number of hydrogen-bond donors (Lipinski definition) is 2. The van der Waals surface area contributed by atoms with Crippen molar-refractivity contribution < 1.29 is 18.8 Å². The van der Waals surface area contributed by atoms with Crippen molar-refractivity contribution in [3.63, 3.8) is 0 Å². The number of anilines is 2. The monoisotopic (exact) mass is 498 g/mol. The number of ether oxygens (including phenoxy) is 1. The third-order valence-electron chi connectivity index (χ3n) is 3.81. The highest BCUT2D eigenvalue weighted by molar-refractivity contribution is 14.1. The molecule has 148 valence electrons. The number of halogens is 2. The van der Waals surface area contributed by atoms with Gasteiger partial charge in [-0.05, 0) is 66.8 Å². The summed E-state index contributed by atoms with van der Waals surface area (Å²) in [5.74, 6) is -0.499. The minimum Gasteiger partial charge on any atom is -0.376 e. The van der Waals surface area contributed by atoms with Crippen molar-refractivity contribution in [3.8, 4) is 0 Å². The maximum Gasteiger partial charge on any atom is 0.278 e. The predicted molar refractivity (Wildman–Crippen MR) is 112 cm³/mol. The number of carbonyl (C=O) groups is 1. The van der Waals surface area contributed by atoms with Crippen LogP contribution < -0.4 is 10.8 Å². The summed E-state index contributed by atoms with van der Waals surface area (Å²) < 4.78 is 22.1. The van der Waals surface area contributed by atoms with E-state index in [4.69, 9.17) is 9.57 Å². The second kappa shape index (κ2) is 9.30. The average Bonchev–Trinajstić information content (AvgIpc) is 3.12. The van der Waals surface area contributed by atoms with Crippen molar-refractivity contribution in [3.05, 3.63) is 57.8 Å². The van der Waals surface area contributed by atoms with E-state index in [9.17, 15) is 9.18 Å². The fraction of sp³-hybridized carbons (Fsp3) is 0.263. The van der Waals surface area contributed by atoms with Crippen molar-refractivity contribution in [2.24, 2.45) is 0 Å². The van der Waals surface area contributed by atoms with Gasteiger partial charge in [0.2, 0.25) is 0 Å². The Morgan fingerprint density at radius 3 is 2.86 bits per heavy atom. The van der Waals surface area contributed by atoms with Crippen LogP contribution in [0, 0.1) is 9.39 Å². The number of hydroxylamine groups is 1. The molecular formula is C19H20FIN4O3. The van der Waals surface area contributed by atoms with Crippen LogP contribution >= 0.6 is 22.6 Å². The minimum atomic E-state index is -0.464. The fourth-order valence-electron chi connectivity index (χ4n) is 2.52. The molecule has 7 nitrogen and oxygen atoms in total. The van der Waals surface area contributed by atoms with Crippen molar-refractivity contribution in [2.75, 3.05) is 18.5 Å². The van der Waals surface area contributed by atoms with Crippen LogP contribution in [0.1, 0.15) is 24.2 Å². The summed E-state index contributed by atoms with van der Waals surface area (Å²) in [7, 11) is 0. The number of amides is 1. The van der Waals surface area contributed by atoms with Crippen molar-refractivity contribution in [2.45, 2.75) is 20.0 Å². The zero-order chi connectivity index (χ0) is 20.1. The number of benzene rings is 1. The van der Waals surface area contributed by atoms with Gasteiger partial charge in [-0.2, -0.15) is 0 Å². The molecule has 1 amide bonds. The topological polar surface area (TPSA) is 76.9 Å². The minimum absolute atomic E-state index is 0.0857. The maximum absolute atomic E-state index is 14.3. The largest absolute Gasteiger partial charge is 0.376 e. The Labute approximate surface area is 175 Å². The summed E-state index contributed by atoms with van der Waals surface area (Å²) in [4.78, 5) is 21.9. The lowest BCUT2D eigenvalue weighted by Gasteiger charge is -2.15. The molecule has 0 unspecified atom stereocenters. The van der Waals surface area contributed by atoms with Gasteiger partial charge in [-0.15, -0.1) is 0 Å². The molecule has 2 aromatic heterocycles. The smallest absolute Gasteiger partial charge is 0.278 e. The molecule has 0 aliphatic rings. The van der Waals surface area contributed by atoms with E-state index in [2.05, 4.69) is 15.8 Å². The highest BCUT2D eigenvalue weighted by atomic mass is 127. The first-order chi connectivity index (χ1) is 13.5. The number of rotatable bonds is 8. The van der Waals surface area contributed by atoms with Crippen LogP contribution in [0.25, 0.3) is 5.52 Å². The molecule has 0 atom stereocenters. The Bertz CT molecular complexity index is 977. The standard InChI is InChI=1S/C19H20FIN4O3/c1-12(2)27-7-8-28-24-19(26)15-5-4-14-10-22-11-25(14)18(15)23-17-6-3-13(21)9-16(17)20/h3-6,9-12,23H,7-8H2,1-2H3,(H,24,26). The normalized spacial score (nSPS) is 11.2. The zero-order valence-corrected chi connectivity index (χ0v) is 17.6. The molecule has 0 radical (unpaired) electrons. The molecule has 0 spiro atoms. The summed E-state index contributed by atoms with van der Waals surface area (Å²) in [6.07, 6.45) is 3.29. The number of carbonyl (C=O) groups excluding carboxylic acids is 1. The van der Waals surface area contributed by atoms with Gasteiger partial charge >= 0.3 is 0 Å². The van der Waals surface area contributed by atoms with Crippen LogP contribution in [0.4, 0.5) is 15.9 Å². The van der Waals surface area contributed by atoms with Crippen LogP contribution in [-0.2, 0) is 9.57 Å². The maximum atomic E-state index is 14.3. The van der Waals surface area contributed by atoms with Gasteiger partial charge in [0.05, 0.1) is 42.3 Å². The van der Waals surface area contributed by atoms with E-state index in [0.717, 1.165) is 9.09 Å². The molecule has 0 saturated carbocycles. The number of imidazole rings is 1. The lowest BCUT2D eigenvalue weighted by atomic mass is 10.2. The predicted octanol–water partition coefficient (Wildman–Crippen LogP) is 3.91. The molecule has 1 aromatic carbocycles. The first-order valence-corrected chi connectivity index (χ1v) is 9.74. The van der Waals surface area contributed by atoms with Crippen LogP contribution in [0.3, 0.4) is 0 Å². The Morgan fingerprint density at radius 2 is 2.11 bits per heavy atom. The van der Waals surface area contributed by atoms with E-state index in [-0.39, 0.29) is 24.0 Å². The van der Waals surface area contributed by atoms with E-state index >= 15 is 0 Å². The van der Waals surface area contributed by atoms with Gasteiger partial charge in [0, 0.05) is 3.57 Å². The van der Waals surface area contributed by atoms with Gasteiger partial charge in [-0.3, -0.25) is 14.0 Å². The summed E-state index contributed by atoms with van der Waals surface area (Å²) in [5, 5.41) is 3.00. The fourth-order valence-corrected chi connectivity index (χ4v) is 2.97. The molecule has 3 rings (SSSR count). The third-order valence-corrected chi connectivity index (χ3v) is 4.49. The highest BCUT2D eigenvalue weighted by Crippen LogP contribution is 2.26. The quantitative estimate of drug-likeness (QED) is 0.280. The van der Waals surface area contributed by atoms with Crippen molar-refractivity contribution in [1.82, 2.24) is 14.9 Å². The Hall–Kier alpha value is -2.24. The molecule has 2 heterocycles. The lowest BCUT2D eigenvalue weighted by molar-refractivity contribution is -0.0147. The molecule has 0 bridgehead atoms. The molecule has 0 fully saturated rings. The molecule has 0 aliphatic heterocycles. The highest BCUT2D eigenvalue weighted by Gasteiger charge is 2.17. The van der Waals surface area contributed by atoms with E-state index in [0.29, 0.717) is 12.4 Å². The summed E-state index contributed by atoms with van der Waals surface area (Å²) in [5.41, 5.74) is 3.69. The third kappa shape index (κ3) is 4.97. The summed E-state index contributed by atoms with van der Waals surface area (Å²) in [6, 6.07) is 8.19. The Morgan fingerprint density at radius 1 is 1.29 bits per heavy atom. The van der Waals surface area contributed by atoms with Gasteiger partial charge in [0.25, 0.3) is 5.91 Å². The number of nitrogens with zero attached hydrogens (tertiary/aromatic N) is 2. The van der Waals surface area contributed by atoms with Crippen LogP contribution in [0.2, 0.25) is 0 Å². The van der Waals surface area contributed by atoms with Gasteiger partial charge in [0.1, 0.15) is 18.0 Å². The van der Waals surface area contributed by atoms with Crippen LogP contribution in [-0.4, -0.2) is 34.6 Å². The summed E-state index contributed by atoms with van der Waals surface area (Å²) in [6.45, 7) is 4.41. The van der Waals surface area contributed by atoms with E-state index in [1.54, 1.807) is 41.2 Å². The number of aromatic nitrogens is 2. The Kier molecular flexibility index (Phi) is 6.81. The molecule has 3 aromatic rings. The van der Waals surface area contributed by atoms with Crippen molar-refractivity contribution in [1.29, 1.82) is 0 Å². The average molecular weight is 498 g/mol. The first kappa shape index (κ1) is 20.5. The number of pyridine rings is 1. The zero-order valence-electron chi connectivity index (χ0n) is 15.4. The van der Waals surface area contributed by atoms with Crippen molar-refractivity contribution >= 4 is 45.5 Å². The number of hydrogen-bond acceptors (Lipinski definition) is 5. The SMILES string of the molecule is CC(C)OCCONC(=O)c1ccc2cncn2c1Nc1ccc(I)cc1F. The molecular weight excluding hydrogens is 478 g/mol. The van der Waals surface area contributed by atoms with Crippen LogP contribution in [0.15, 0.2) is 42.9 Å². The van der Waals surface area contributed by atoms with E-state index in [1.807, 2.05) is 36.4 Å². The molecule has 28 heavy (non-hydrogen) atoms. The summed E-state index contributed by atoms with van der Waals surface area (Å²) >= 11 is 2.04. The van der Waals surface area contributed by atoms with Gasteiger partial charge in [-0.25, -0.2) is 14.9 Å². The molecule has 0 saturated heterocycles. The lowest BCUT2D eigenvalue weighted by Crippen LogP contribution is -2.27. The first-order valence-electron chi connectivity index (χ1n) is 8.66. The van der Waals surface area contributed by atoms with Gasteiger partial charge < -0.3 is 10.1 Å². The Balaban J connectivity index is 1.82.